The van der Waals surface area contributed by atoms with E-state index >= 15 is 0 Å². The first-order valence-electron chi connectivity index (χ1n) is 12.3. The quantitative estimate of drug-likeness (QED) is 0.404. The maximum atomic E-state index is 13.7. The summed E-state index contributed by atoms with van der Waals surface area (Å²) in [4.78, 5) is 41.2. The van der Waals surface area contributed by atoms with Crippen molar-refractivity contribution < 1.29 is 19.1 Å². The smallest absolute Gasteiger partial charge is 0.264 e. The van der Waals surface area contributed by atoms with E-state index in [1.807, 2.05) is 54.6 Å². The molecule has 0 aliphatic carbocycles. The predicted octanol–water partition coefficient (Wildman–Crippen LogP) is 4.13. The number of nitrogens with zero attached hydrogens (tertiary/aromatic N) is 6. The van der Waals surface area contributed by atoms with Gasteiger partial charge in [0.15, 0.2) is 12.1 Å². The molecule has 0 radical (unpaired) electrons. The molecule has 3 heterocycles. The van der Waals surface area contributed by atoms with Crippen LogP contribution in [0.15, 0.2) is 98.8 Å². The number of carbonyl (C=O) groups excluding carboxylic acids is 3. The van der Waals surface area contributed by atoms with Crippen molar-refractivity contribution in [2.24, 2.45) is 15.4 Å². The number of rotatable bonds is 6. The number of imide groups is 1. The number of halogens is 1. The van der Waals surface area contributed by atoms with E-state index in [-0.39, 0.29) is 18.5 Å². The van der Waals surface area contributed by atoms with E-state index in [1.165, 1.54) is 10.0 Å². The van der Waals surface area contributed by atoms with Crippen LogP contribution in [-0.4, -0.2) is 59.2 Å². The lowest BCUT2D eigenvalue weighted by Crippen LogP contribution is -2.44. The van der Waals surface area contributed by atoms with Gasteiger partial charge in [-0.05, 0) is 41.5 Å². The lowest BCUT2D eigenvalue weighted by molar-refractivity contribution is -0.135. The van der Waals surface area contributed by atoms with E-state index in [2.05, 4.69) is 26.3 Å². The van der Waals surface area contributed by atoms with Crippen molar-refractivity contribution in [3.8, 4) is 5.75 Å². The third kappa shape index (κ3) is 4.48. The van der Waals surface area contributed by atoms with Gasteiger partial charge >= 0.3 is 0 Å². The minimum Gasteiger partial charge on any atom is -0.497 e. The molecule has 39 heavy (non-hydrogen) atoms. The second-order valence-corrected chi connectivity index (χ2v) is 10.2. The Labute approximate surface area is 232 Å². The van der Waals surface area contributed by atoms with Gasteiger partial charge in [-0.1, -0.05) is 69.7 Å². The summed E-state index contributed by atoms with van der Waals surface area (Å²) in [5, 5.41) is 15.5. The zero-order valence-electron chi connectivity index (χ0n) is 20.8. The number of fused-ring (bicyclic) bond motifs is 1. The van der Waals surface area contributed by atoms with Crippen LogP contribution in [0.25, 0.3) is 0 Å². The molecule has 196 valence electrons. The summed E-state index contributed by atoms with van der Waals surface area (Å²) in [5.41, 5.74) is 3.03. The van der Waals surface area contributed by atoms with E-state index in [0.717, 1.165) is 26.2 Å². The molecule has 0 spiro atoms. The Morgan fingerprint density at radius 2 is 1.77 bits per heavy atom. The van der Waals surface area contributed by atoms with Crippen LogP contribution >= 0.6 is 15.9 Å². The van der Waals surface area contributed by atoms with Gasteiger partial charge in [-0.15, -0.1) is 0 Å². The lowest BCUT2D eigenvalue weighted by atomic mass is 9.98. The average molecular weight is 587 g/mol. The third-order valence-corrected chi connectivity index (χ3v) is 7.49. The Morgan fingerprint density at radius 1 is 1.00 bits per heavy atom. The number of methoxy groups -OCH3 is 1. The van der Waals surface area contributed by atoms with Gasteiger partial charge < -0.3 is 4.74 Å². The molecule has 1 saturated heterocycles. The first-order valence-corrected chi connectivity index (χ1v) is 13.1. The number of carbonyl (C=O) groups is 3. The van der Waals surface area contributed by atoms with E-state index in [4.69, 9.17) is 9.84 Å². The number of hydrazone groups is 1. The summed E-state index contributed by atoms with van der Waals surface area (Å²) >= 11 is 3.38. The molecule has 3 aliphatic heterocycles. The molecule has 3 aromatic carbocycles. The monoisotopic (exact) mass is 586 g/mol. The van der Waals surface area contributed by atoms with Crippen molar-refractivity contribution in [3.63, 3.8) is 0 Å². The van der Waals surface area contributed by atoms with Gasteiger partial charge in [-0.25, -0.2) is 9.91 Å². The Hall–Kier alpha value is -4.38. The second kappa shape index (κ2) is 10.1. The summed E-state index contributed by atoms with van der Waals surface area (Å²) in [6, 6.07) is 21.8. The number of ether oxygens (including phenoxy) is 1. The summed E-state index contributed by atoms with van der Waals surface area (Å²) in [6.07, 6.45) is 0.518. The average Bonchev–Trinajstić information content (AvgIpc) is 3.65. The zero-order valence-corrected chi connectivity index (χ0v) is 22.4. The maximum absolute atomic E-state index is 13.7. The molecule has 3 aromatic rings. The molecule has 11 heteroatoms. The van der Waals surface area contributed by atoms with E-state index in [1.54, 1.807) is 31.4 Å². The standard InChI is InChI=1S/C28H23BrN6O4/c1-39-21-12-10-18(11-13-21)23-15-22(17-6-3-2-4-7-17)31-35(23)24(36)16-33-26-25(30-32-33)27(37)34(28(26)38)20-9-5-8-19(29)14-20/h2-14,23,25-26H,15-16H2,1H3. The van der Waals surface area contributed by atoms with Crippen LogP contribution in [0.5, 0.6) is 5.75 Å². The highest BCUT2D eigenvalue weighted by molar-refractivity contribution is 9.10. The maximum Gasteiger partial charge on any atom is 0.264 e. The van der Waals surface area contributed by atoms with Crippen molar-refractivity contribution in [2.45, 2.75) is 24.5 Å². The van der Waals surface area contributed by atoms with Gasteiger partial charge in [0.25, 0.3) is 17.7 Å². The number of benzene rings is 3. The highest BCUT2D eigenvalue weighted by atomic mass is 79.9. The van der Waals surface area contributed by atoms with Crippen LogP contribution in [0.4, 0.5) is 5.69 Å². The highest BCUT2D eigenvalue weighted by Gasteiger charge is 2.55. The fourth-order valence-electron chi connectivity index (χ4n) is 5.07. The van der Waals surface area contributed by atoms with Crippen molar-refractivity contribution in [2.75, 3.05) is 18.6 Å². The van der Waals surface area contributed by atoms with Gasteiger partial charge in [0.05, 0.1) is 24.6 Å². The molecular weight excluding hydrogens is 564 g/mol. The van der Waals surface area contributed by atoms with E-state index < -0.39 is 23.9 Å². The summed E-state index contributed by atoms with van der Waals surface area (Å²) in [5.74, 6) is -0.588. The zero-order chi connectivity index (χ0) is 27.1. The second-order valence-electron chi connectivity index (χ2n) is 9.33. The van der Waals surface area contributed by atoms with Gasteiger partial charge in [-0.2, -0.15) is 10.2 Å². The molecule has 1 fully saturated rings. The summed E-state index contributed by atoms with van der Waals surface area (Å²) in [6.45, 7) is -0.256. The first-order chi connectivity index (χ1) is 18.9. The minimum absolute atomic E-state index is 0.256. The van der Waals surface area contributed by atoms with Crippen LogP contribution < -0.4 is 9.64 Å². The molecule has 0 bridgehead atoms. The molecule has 0 saturated carbocycles. The molecule has 0 N–H and O–H groups in total. The predicted molar refractivity (Wildman–Crippen MR) is 146 cm³/mol. The van der Waals surface area contributed by atoms with E-state index in [9.17, 15) is 14.4 Å². The Bertz CT molecular complexity index is 1510. The number of hydrogen-bond donors (Lipinski definition) is 0. The largest absolute Gasteiger partial charge is 0.497 e. The fourth-order valence-corrected chi connectivity index (χ4v) is 5.45. The van der Waals surface area contributed by atoms with E-state index in [0.29, 0.717) is 17.9 Å². The summed E-state index contributed by atoms with van der Waals surface area (Å²) < 4.78 is 6.02. The fraction of sp³-hybridized carbons (Fsp3) is 0.214. The van der Waals surface area contributed by atoms with Gasteiger partial charge in [0, 0.05) is 10.9 Å². The van der Waals surface area contributed by atoms with Gasteiger partial charge in [0.2, 0.25) is 0 Å². The molecule has 3 amide bonds. The molecule has 6 rings (SSSR count). The molecular formula is C28H23BrN6O4. The topological polar surface area (TPSA) is 107 Å². The Morgan fingerprint density at radius 3 is 2.49 bits per heavy atom. The number of amides is 3. The number of hydrogen-bond acceptors (Lipinski definition) is 8. The molecule has 0 aromatic heterocycles. The van der Waals surface area contributed by atoms with Crippen molar-refractivity contribution >= 4 is 45.1 Å². The molecule has 10 nitrogen and oxygen atoms in total. The van der Waals surface area contributed by atoms with Crippen molar-refractivity contribution in [3.05, 3.63) is 94.5 Å². The van der Waals surface area contributed by atoms with Gasteiger partial charge in [-0.3, -0.25) is 19.4 Å². The molecule has 3 atom stereocenters. The number of anilines is 1. The van der Waals surface area contributed by atoms with Gasteiger partial charge in [0.1, 0.15) is 12.3 Å². The third-order valence-electron chi connectivity index (χ3n) is 7.00. The highest BCUT2D eigenvalue weighted by Crippen LogP contribution is 2.36. The van der Waals surface area contributed by atoms with Crippen LogP contribution in [-0.2, 0) is 14.4 Å². The molecule has 3 aliphatic rings. The van der Waals surface area contributed by atoms with Crippen LogP contribution in [0.2, 0.25) is 0 Å². The molecule has 3 unspecified atom stereocenters. The first kappa shape index (κ1) is 24.9. The Kier molecular flexibility index (Phi) is 6.43. The normalized spacial score (nSPS) is 21.9. The lowest BCUT2D eigenvalue weighted by Gasteiger charge is -2.25. The van der Waals surface area contributed by atoms with Crippen molar-refractivity contribution in [1.29, 1.82) is 0 Å². The summed E-state index contributed by atoms with van der Waals surface area (Å²) in [7, 11) is 1.60. The SMILES string of the molecule is COc1ccc(C2CC(c3ccccc3)=NN2C(=O)CN2N=NC3C(=O)N(c4cccc(Br)c4)C(=O)C32)cc1. The minimum atomic E-state index is -0.997. The van der Waals surface area contributed by atoms with Crippen LogP contribution in [0.1, 0.15) is 23.6 Å². The van der Waals surface area contributed by atoms with Crippen LogP contribution in [0, 0.1) is 0 Å². The van der Waals surface area contributed by atoms with Crippen molar-refractivity contribution in [1.82, 2.24) is 10.0 Å². The van der Waals surface area contributed by atoms with Crippen LogP contribution in [0.3, 0.4) is 0 Å². The Balaban J connectivity index is 1.26.